The molecule has 2 aliphatic heterocycles. The number of hydrogen-bond acceptors (Lipinski definition) is 5. The van der Waals surface area contributed by atoms with Gasteiger partial charge in [0.15, 0.2) is 6.10 Å². The van der Waals surface area contributed by atoms with E-state index in [-0.39, 0.29) is 11.8 Å². The molecule has 0 aromatic heterocycles. The van der Waals surface area contributed by atoms with Gasteiger partial charge < -0.3 is 4.74 Å². The minimum absolute atomic E-state index is 0.260. The van der Waals surface area contributed by atoms with Gasteiger partial charge in [-0.25, -0.2) is 9.96 Å². The number of hydroxylamine groups is 1. The number of nitrogens with zero attached hydrogens (tertiary/aromatic N) is 2. The van der Waals surface area contributed by atoms with Gasteiger partial charge in [0.05, 0.1) is 24.5 Å². The summed E-state index contributed by atoms with van der Waals surface area (Å²) in [5.41, 5.74) is 3.38. The highest BCUT2D eigenvalue weighted by atomic mass is 16.7. The second-order valence-electron chi connectivity index (χ2n) is 7.78. The van der Waals surface area contributed by atoms with Gasteiger partial charge in [0.1, 0.15) is 11.7 Å². The molecule has 0 spiro atoms. The zero-order valence-corrected chi connectivity index (χ0v) is 17.3. The van der Waals surface area contributed by atoms with Gasteiger partial charge in [0.2, 0.25) is 5.91 Å². The van der Waals surface area contributed by atoms with Gasteiger partial charge in [-0.3, -0.25) is 14.4 Å². The molecule has 0 radical (unpaired) electrons. The molecule has 2 amide bonds. The maximum absolute atomic E-state index is 13.5. The number of carbonyl (C=O) groups is 2. The Bertz CT molecular complexity index is 1110. The molecule has 0 aliphatic carbocycles. The van der Waals surface area contributed by atoms with Crippen LogP contribution in [0, 0.1) is 12.8 Å². The number of hydrogen-bond donors (Lipinski definition) is 0. The Labute approximate surface area is 180 Å². The Balaban J connectivity index is 1.56. The molecule has 2 heterocycles. The highest BCUT2D eigenvalue weighted by molar-refractivity contribution is 6.23. The number of para-hydroxylation sites is 1. The van der Waals surface area contributed by atoms with Gasteiger partial charge in [-0.05, 0) is 48.9 Å². The van der Waals surface area contributed by atoms with Gasteiger partial charge in [-0.1, -0.05) is 48.0 Å². The van der Waals surface area contributed by atoms with E-state index in [9.17, 15) is 9.59 Å². The van der Waals surface area contributed by atoms with E-state index in [0.29, 0.717) is 11.4 Å². The molecule has 0 unspecified atom stereocenters. The average molecular weight is 414 g/mol. The third-order valence-corrected chi connectivity index (χ3v) is 5.88. The van der Waals surface area contributed by atoms with Crippen LogP contribution in [0.25, 0.3) is 0 Å². The molecule has 2 saturated heterocycles. The van der Waals surface area contributed by atoms with E-state index in [1.54, 1.807) is 36.4 Å². The van der Waals surface area contributed by atoms with Crippen LogP contribution < -0.4 is 14.7 Å². The lowest BCUT2D eigenvalue weighted by Crippen LogP contribution is -2.37. The summed E-state index contributed by atoms with van der Waals surface area (Å²) in [7, 11) is 1.57. The van der Waals surface area contributed by atoms with Gasteiger partial charge in [0.25, 0.3) is 5.91 Å². The van der Waals surface area contributed by atoms with Crippen molar-refractivity contribution in [2.75, 3.05) is 17.1 Å². The number of ether oxygens (including phenoxy) is 1. The molecule has 0 N–H and O–H groups in total. The summed E-state index contributed by atoms with van der Waals surface area (Å²) in [4.78, 5) is 34.2. The van der Waals surface area contributed by atoms with Crippen molar-refractivity contribution in [2.45, 2.75) is 19.1 Å². The Kier molecular flexibility index (Phi) is 4.71. The third-order valence-electron chi connectivity index (χ3n) is 5.88. The molecule has 3 aromatic carbocycles. The highest BCUT2D eigenvalue weighted by Gasteiger charge is 2.60. The van der Waals surface area contributed by atoms with Crippen molar-refractivity contribution in [2.24, 2.45) is 5.92 Å². The minimum atomic E-state index is -0.874. The van der Waals surface area contributed by atoms with Crippen LogP contribution in [0.2, 0.25) is 0 Å². The fourth-order valence-electron chi connectivity index (χ4n) is 4.30. The number of aryl methyl sites for hydroxylation is 1. The highest BCUT2D eigenvalue weighted by Crippen LogP contribution is 2.47. The summed E-state index contributed by atoms with van der Waals surface area (Å²) in [6.07, 6.45) is -0.874. The van der Waals surface area contributed by atoms with Crippen molar-refractivity contribution in [1.82, 2.24) is 0 Å². The van der Waals surface area contributed by atoms with Crippen molar-refractivity contribution in [3.8, 4) is 5.75 Å². The number of methoxy groups -OCH3 is 1. The minimum Gasteiger partial charge on any atom is -0.497 e. The second-order valence-corrected chi connectivity index (χ2v) is 7.78. The zero-order valence-electron chi connectivity index (χ0n) is 17.3. The van der Waals surface area contributed by atoms with E-state index in [1.165, 1.54) is 4.90 Å². The van der Waals surface area contributed by atoms with Gasteiger partial charge in [0, 0.05) is 0 Å². The maximum atomic E-state index is 13.5. The van der Waals surface area contributed by atoms with Crippen molar-refractivity contribution in [3.63, 3.8) is 0 Å². The lowest BCUT2D eigenvalue weighted by Gasteiger charge is -2.28. The van der Waals surface area contributed by atoms with Crippen LogP contribution >= 0.6 is 0 Å². The van der Waals surface area contributed by atoms with Crippen LogP contribution in [0.1, 0.15) is 17.2 Å². The molecule has 156 valence electrons. The quantitative estimate of drug-likeness (QED) is 0.603. The predicted molar refractivity (Wildman–Crippen MR) is 117 cm³/mol. The van der Waals surface area contributed by atoms with E-state index >= 15 is 0 Å². The SMILES string of the molecule is COc1ccc(N2C(=O)[C@H]3[C@H](ON(c4ccccc4)[C@H]3c3ccc(C)cc3)C2=O)cc1. The number of imide groups is 1. The van der Waals surface area contributed by atoms with E-state index in [1.807, 2.05) is 61.5 Å². The molecule has 6 heteroatoms. The first-order valence-corrected chi connectivity index (χ1v) is 10.2. The van der Waals surface area contributed by atoms with Crippen LogP contribution in [0.3, 0.4) is 0 Å². The van der Waals surface area contributed by atoms with Crippen molar-refractivity contribution in [3.05, 3.63) is 90.0 Å². The zero-order chi connectivity index (χ0) is 21.5. The number of fused-ring (bicyclic) bond motifs is 1. The van der Waals surface area contributed by atoms with Crippen LogP contribution in [-0.4, -0.2) is 25.0 Å². The summed E-state index contributed by atoms with van der Waals surface area (Å²) < 4.78 is 5.19. The monoisotopic (exact) mass is 414 g/mol. The molecule has 6 nitrogen and oxygen atoms in total. The fourth-order valence-corrected chi connectivity index (χ4v) is 4.30. The van der Waals surface area contributed by atoms with Crippen LogP contribution in [0.15, 0.2) is 78.9 Å². The molecule has 0 bridgehead atoms. The summed E-state index contributed by atoms with van der Waals surface area (Å²) in [6, 6.07) is 24.1. The number of anilines is 2. The predicted octanol–water partition coefficient (Wildman–Crippen LogP) is 4.05. The van der Waals surface area contributed by atoms with E-state index in [0.717, 1.165) is 16.8 Å². The number of benzene rings is 3. The first-order valence-electron chi connectivity index (χ1n) is 10.2. The largest absolute Gasteiger partial charge is 0.497 e. The summed E-state index contributed by atoms with van der Waals surface area (Å²) >= 11 is 0. The van der Waals surface area contributed by atoms with Gasteiger partial charge >= 0.3 is 0 Å². The fraction of sp³-hybridized carbons (Fsp3) is 0.200. The van der Waals surface area contributed by atoms with E-state index < -0.39 is 18.1 Å². The standard InChI is InChI=1S/C25H22N2O4/c1-16-8-10-17(11-9-16)22-21-23(31-27(22)19-6-4-3-5-7-19)25(29)26(24(21)28)18-12-14-20(30-2)15-13-18/h3-15,21-23H,1-2H3/t21-,22+,23+/m1/s1. The Morgan fingerprint density at radius 2 is 1.48 bits per heavy atom. The Hall–Kier alpha value is -3.64. The molecule has 0 saturated carbocycles. The summed E-state index contributed by atoms with van der Waals surface area (Å²) in [5.74, 6) is -0.593. The Morgan fingerprint density at radius 1 is 0.806 bits per heavy atom. The Morgan fingerprint density at radius 3 is 2.13 bits per heavy atom. The van der Waals surface area contributed by atoms with Crippen LogP contribution in [0.4, 0.5) is 11.4 Å². The average Bonchev–Trinajstić information content (AvgIpc) is 3.31. The first-order chi connectivity index (χ1) is 15.1. The summed E-state index contributed by atoms with van der Waals surface area (Å²) in [5, 5.41) is 1.71. The molecule has 31 heavy (non-hydrogen) atoms. The van der Waals surface area contributed by atoms with E-state index in [2.05, 4.69) is 0 Å². The third kappa shape index (κ3) is 3.16. The second kappa shape index (κ2) is 7.56. The normalized spacial score (nSPS) is 22.7. The molecule has 5 rings (SSSR count). The van der Waals surface area contributed by atoms with Gasteiger partial charge in [-0.2, -0.15) is 0 Å². The lowest BCUT2D eigenvalue weighted by molar-refractivity contribution is -0.126. The number of carbonyl (C=O) groups excluding carboxylic acids is 2. The lowest BCUT2D eigenvalue weighted by atomic mass is 9.90. The van der Waals surface area contributed by atoms with Crippen molar-refractivity contribution >= 4 is 23.2 Å². The first kappa shape index (κ1) is 19.3. The smallest absolute Gasteiger partial charge is 0.266 e. The van der Waals surface area contributed by atoms with Crippen LogP contribution in [-0.2, 0) is 14.4 Å². The maximum Gasteiger partial charge on any atom is 0.266 e. The molecule has 2 fully saturated rings. The number of rotatable bonds is 4. The molecule has 2 aliphatic rings. The van der Waals surface area contributed by atoms with Crippen molar-refractivity contribution in [1.29, 1.82) is 0 Å². The summed E-state index contributed by atoms with van der Waals surface area (Å²) in [6.45, 7) is 2.02. The molecular formula is C25H22N2O4. The van der Waals surface area contributed by atoms with Crippen molar-refractivity contribution < 1.29 is 19.2 Å². The number of amides is 2. The topological polar surface area (TPSA) is 59.1 Å². The van der Waals surface area contributed by atoms with E-state index in [4.69, 9.17) is 9.57 Å². The molecular weight excluding hydrogens is 392 g/mol. The van der Waals surface area contributed by atoms with Crippen LogP contribution in [0.5, 0.6) is 5.75 Å². The van der Waals surface area contributed by atoms with Gasteiger partial charge in [-0.15, -0.1) is 0 Å². The molecule has 3 atom stereocenters. The molecule has 3 aromatic rings.